The number of aromatic nitrogens is 1. The van der Waals surface area contributed by atoms with Crippen LogP contribution in [-0.4, -0.2) is 38.2 Å². The number of anilines is 1. The Morgan fingerprint density at radius 1 is 1.15 bits per heavy atom. The monoisotopic (exact) mass is 377 g/mol. The maximum atomic E-state index is 12.5. The number of guanidine groups is 1. The van der Waals surface area contributed by atoms with Crippen LogP contribution in [0.25, 0.3) is 0 Å². The van der Waals surface area contributed by atoms with Gasteiger partial charge in [0.25, 0.3) is 0 Å². The molecule has 27 heavy (non-hydrogen) atoms. The zero-order valence-electron chi connectivity index (χ0n) is 15.7. The normalized spacial score (nSPS) is 11.4. The quantitative estimate of drug-likeness (QED) is 0.547. The number of pyridine rings is 1. The van der Waals surface area contributed by atoms with Crippen LogP contribution in [0.4, 0.5) is 14.6 Å². The Hall–Kier alpha value is -2.90. The fourth-order valence-corrected chi connectivity index (χ4v) is 2.50. The molecule has 1 heterocycles. The molecule has 0 saturated heterocycles. The van der Waals surface area contributed by atoms with E-state index in [1.807, 2.05) is 38.1 Å². The van der Waals surface area contributed by atoms with E-state index in [0.717, 1.165) is 11.4 Å². The summed E-state index contributed by atoms with van der Waals surface area (Å²) >= 11 is 0. The van der Waals surface area contributed by atoms with E-state index in [0.29, 0.717) is 24.6 Å². The van der Waals surface area contributed by atoms with Gasteiger partial charge in [-0.1, -0.05) is 24.3 Å². The van der Waals surface area contributed by atoms with E-state index in [1.165, 1.54) is 6.07 Å². The molecule has 0 aliphatic carbocycles. The third-order valence-electron chi connectivity index (χ3n) is 3.68. The second-order valence-corrected chi connectivity index (χ2v) is 5.92. The summed E-state index contributed by atoms with van der Waals surface area (Å²) in [4.78, 5) is 10.8. The highest BCUT2D eigenvalue weighted by molar-refractivity contribution is 5.79. The molecule has 0 fully saturated rings. The number of benzene rings is 1. The molecule has 0 amide bonds. The van der Waals surface area contributed by atoms with Gasteiger partial charge < -0.3 is 20.3 Å². The first kappa shape index (κ1) is 20.4. The molecule has 146 valence electrons. The van der Waals surface area contributed by atoms with Crippen LogP contribution < -0.4 is 20.3 Å². The maximum Gasteiger partial charge on any atom is 0.387 e. The second-order valence-electron chi connectivity index (χ2n) is 5.92. The molecule has 0 aliphatic heterocycles. The lowest BCUT2D eigenvalue weighted by Gasteiger charge is -2.17. The second kappa shape index (κ2) is 10.3. The minimum atomic E-state index is -2.86. The fourth-order valence-electron chi connectivity index (χ4n) is 2.50. The van der Waals surface area contributed by atoms with Gasteiger partial charge in [-0.3, -0.25) is 0 Å². The first-order valence-corrected chi connectivity index (χ1v) is 8.67. The average molecular weight is 377 g/mol. The van der Waals surface area contributed by atoms with Crippen molar-refractivity contribution in [3.05, 3.63) is 53.7 Å². The third-order valence-corrected chi connectivity index (χ3v) is 3.68. The number of alkyl halides is 2. The molecule has 0 saturated carbocycles. The molecule has 0 aliphatic rings. The van der Waals surface area contributed by atoms with Crippen LogP contribution in [0.3, 0.4) is 0 Å². The van der Waals surface area contributed by atoms with E-state index in [1.54, 1.807) is 24.4 Å². The molecule has 2 aromatic rings. The molecule has 0 bridgehead atoms. The van der Waals surface area contributed by atoms with Gasteiger partial charge in [0, 0.05) is 44.5 Å². The van der Waals surface area contributed by atoms with Gasteiger partial charge in [0.05, 0.1) is 6.54 Å². The summed E-state index contributed by atoms with van der Waals surface area (Å²) in [6.45, 7) is 0.514. The highest BCUT2D eigenvalue weighted by Crippen LogP contribution is 2.21. The number of nitrogens with one attached hydrogen (secondary N) is 2. The van der Waals surface area contributed by atoms with Crippen LogP contribution in [0.15, 0.2) is 47.6 Å². The molecular formula is C19H25F2N5O. The van der Waals surface area contributed by atoms with Crippen molar-refractivity contribution in [2.45, 2.75) is 26.6 Å². The van der Waals surface area contributed by atoms with Crippen LogP contribution in [0.1, 0.15) is 18.1 Å². The molecule has 8 heteroatoms. The van der Waals surface area contributed by atoms with Crippen LogP contribution in [0, 0.1) is 0 Å². The Morgan fingerprint density at radius 3 is 2.59 bits per heavy atom. The first-order chi connectivity index (χ1) is 13.0. The summed E-state index contributed by atoms with van der Waals surface area (Å²) in [6.07, 6.45) is 1.75. The topological polar surface area (TPSA) is 61.8 Å². The minimum absolute atomic E-state index is 0.134. The van der Waals surface area contributed by atoms with E-state index < -0.39 is 6.61 Å². The van der Waals surface area contributed by atoms with Gasteiger partial charge in [-0.15, -0.1) is 0 Å². The van der Waals surface area contributed by atoms with Crippen molar-refractivity contribution < 1.29 is 13.5 Å². The number of para-hydroxylation sites is 1. The Labute approximate surface area is 158 Å². The van der Waals surface area contributed by atoms with E-state index in [4.69, 9.17) is 0 Å². The largest absolute Gasteiger partial charge is 0.434 e. The van der Waals surface area contributed by atoms with Gasteiger partial charge in [-0.2, -0.15) is 8.78 Å². The van der Waals surface area contributed by atoms with Gasteiger partial charge in [-0.25, -0.2) is 9.98 Å². The lowest BCUT2D eigenvalue weighted by atomic mass is 10.2. The Bertz CT molecular complexity index is 752. The van der Waals surface area contributed by atoms with Crippen molar-refractivity contribution in [2.24, 2.45) is 4.99 Å². The first-order valence-electron chi connectivity index (χ1n) is 8.67. The lowest BCUT2D eigenvalue weighted by Crippen LogP contribution is -2.37. The standard InChI is InChI=1S/C19H25F2N5O/c1-4-22-19(25-13-15-9-7-11-23-17(15)26(2)3)24-12-14-8-5-6-10-16(14)27-18(20)21/h5-11,18H,4,12-13H2,1-3H3,(H2,22,24,25). The average Bonchev–Trinajstić information content (AvgIpc) is 2.64. The molecule has 1 aromatic heterocycles. The van der Waals surface area contributed by atoms with E-state index in [9.17, 15) is 8.78 Å². The fraction of sp³-hybridized carbons (Fsp3) is 0.368. The summed E-state index contributed by atoms with van der Waals surface area (Å²) in [7, 11) is 3.87. The summed E-state index contributed by atoms with van der Waals surface area (Å²) < 4.78 is 29.6. The van der Waals surface area contributed by atoms with Gasteiger partial charge in [0.1, 0.15) is 11.6 Å². The van der Waals surface area contributed by atoms with E-state index in [-0.39, 0.29) is 12.3 Å². The van der Waals surface area contributed by atoms with Crippen LogP contribution >= 0.6 is 0 Å². The smallest absolute Gasteiger partial charge is 0.387 e. The number of aliphatic imine (C=N–C) groups is 1. The molecule has 2 rings (SSSR count). The predicted octanol–water partition coefficient (Wildman–Crippen LogP) is 3.00. The maximum absolute atomic E-state index is 12.5. The Balaban J connectivity index is 2.09. The number of hydrogen-bond donors (Lipinski definition) is 2. The van der Waals surface area contributed by atoms with Gasteiger partial charge in [0.15, 0.2) is 5.96 Å². The number of nitrogens with zero attached hydrogens (tertiary/aromatic N) is 3. The molecule has 0 radical (unpaired) electrons. The number of halogens is 2. The van der Waals surface area contributed by atoms with Crippen molar-refractivity contribution >= 4 is 11.8 Å². The van der Waals surface area contributed by atoms with Crippen molar-refractivity contribution in [1.29, 1.82) is 0 Å². The zero-order valence-corrected chi connectivity index (χ0v) is 15.7. The lowest BCUT2D eigenvalue weighted by molar-refractivity contribution is -0.0504. The predicted molar refractivity (Wildman–Crippen MR) is 103 cm³/mol. The van der Waals surface area contributed by atoms with Crippen molar-refractivity contribution in [3.8, 4) is 5.75 Å². The van der Waals surface area contributed by atoms with Crippen LogP contribution in [-0.2, 0) is 13.1 Å². The van der Waals surface area contributed by atoms with Gasteiger partial charge in [-0.05, 0) is 19.1 Å². The summed E-state index contributed by atoms with van der Waals surface area (Å²) in [5.74, 6) is 1.59. The van der Waals surface area contributed by atoms with Crippen LogP contribution in [0.5, 0.6) is 5.75 Å². The number of ether oxygens (including phenoxy) is 1. The highest BCUT2D eigenvalue weighted by atomic mass is 19.3. The third kappa shape index (κ3) is 6.40. The molecule has 0 spiro atoms. The summed E-state index contributed by atoms with van der Waals surface area (Å²) in [6, 6.07) is 10.5. The number of hydrogen-bond acceptors (Lipinski definition) is 4. The SMILES string of the molecule is CCNC(=NCc1ccccc1OC(F)F)NCc1cccnc1N(C)C. The summed E-state index contributed by atoms with van der Waals surface area (Å²) in [5, 5.41) is 6.39. The van der Waals surface area contributed by atoms with Gasteiger partial charge in [0.2, 0.25) is 0 Å². The summed E-state index contributed by atoms with van der Waals surface area (Å²) in [5.41, 5.74) is 1.61. The molecule has 1 aromatic carbocycles. The van der Waals surface area contributed by atoms with Gasteiger partial charge >= 0.3 is 6.61 Å². The van der Waals surface area contributed by atoms with Crippen molar-refractivity contribution in [2.75, 3.05) is 25.5 Å². The Kier molecular flexibility index (Phi) is 7.79. The minimum Gasteiger partial charge on any atom is -0.434 e. The van der Waals surface area contributed by atoms with E-state index >= 15 is 0 Å². The van der Waals surface area contributed by atoms with Crippen LogP contribution in [0.2, 0.25) is 0 Å². The molecule has 2 N–H and O–H groups in total. The Morgan fingerprint density at radius 2 is 1.89 bits per heavy atom. The highest BCUT2D eigenvalue weighted by Gasteiger charge is 2.10. The molecular weight excluding hydrogens is 352 g/mol. The molecule has 0 unspecified atom stereocenters. The zero-order chi connectivity index (χ0) is 19.6. The molecule has 6 nitrogen and oxygen atoms in total. The van der Waals surface area contributed by atoms with E-state index in [2.05, 4.69) is 25.3 Å². The van der Waals surface area contributed by atoms with Crippen molar-refractivity contribution in [1.82, 2.24) is 15.6 Å². The molecule has 0 atom stereocenters. The number of rotatable bonds is 8. The van der Waals surface area contributed by atoms with Crippen molar-refractivity contribution in [3.63, 3.8) is 0 Å².